The van der Waals surface area contributed by atoms with Gasteiger partial charge < -0.3 is 14.6 Å². The van der Waals surface area contributed by atoms with Gasteiger partial charge in [-0.3, -0.25) is 0 Å². The first kappa shape index (κ1) is 11.0. The molecule has 3 heteroatoms. The van der Waals surface area contributed by atoms with Crippen LogP contribution in [0.1, 0.15) is 39.0 Å². The molecular weight excluding hydrogens is 192 g/mol. The smallest absolute Gasteiger partial charge is 0.139 e. The maximum absolute atomic E-state index is 10.3. The second-order valence-electron chi connectivity index (χ2n) is 4.35. The largest absolute Gasteiger partial charge is 0.495 e. The topological polar surface area (TPSA) is 38.7 Å². The molecule has 2 rings (SSSR count). The monoisotopic (exact) mass is 212 g/mol. The second kappa shape index (κ2) is 4.54. The molecule has 2 aliphatic rings. The third-order valence-electron chi connectivity index (χ3n) is 3.38. The van der Waals surface area contributed by atoms with Crippen molar-refractivity contribution in [2.45, 2.75) is 50.7 Å². The van der Waals surface area contributed by atoms with E-state index < -0.39 is 6.10 Å². The molecule has 15 heavy (non-hydrogen) atoms. The van der Waals surface area contributed by atoms with Crippen molar-refractivity contribution >= 4 is 0 Å². The lowest BCUT2D eigenvalue weighted by atomic mass is 9.93. The van der Waals surface area contributed by atoms with Gasteiger partial charge in [0.2, 0.25) is 0 Å². The van der Waals surface area contributed by atoms with Gasteiger partial charge in [0.1, 0.15) is 17.5 Å². The summed E-state index contributed by atoms with van der Waals surface area (Å²) in [5.41, 5.74) is -0.370. The number of ether oxygens (including phenoxy) is 2. The van der Waals surface area contributed by atoms with E-state index in [1.165, 1.54) is 0 Å². The Morgan fingerprint density at radius 3 is 2.80 bits per heavy atom. The summed E-state index contributed by atoms with van der Waals surface area (Å²) in [6, 6.07) is 0. The van der Waals surface area contributed by atoms with Crippen LogP contribution in [0.25, 0.3) is 0 Å². The summed E-state index contributed by atoms with van der Waals surface area (Å²) in [4.78, 5) is 0. The van der Waals surface area contributed by atoms with Crippen LogP contribution in [-0.4, -0.2) is 30.0 Å². The van der Waals surface area contributed by atoms with Crippen LogP contribution in [0.4, 0.5) is 0 Å². The van der Waals surface area contributed by atoms with Crippen molar-refractivity contribution in [2.75, 3.05) is 13.2 Å². The van der Waals surface area contributed by atoms with Gasteiger partial charge in [0.15, 0.2) is 0 Å². The van der Waals surface area contributed by atoms with Crippen LogP contribution in [0.5, 0.6) is 0 Å². The summed E-state index contributed by atoms with van der Waals surface area (Å²) in [6.07, 6.45) is 6.51. The van der Waals surface area contributed by atoms with Crippen LogP contribution in [-0.2, 0) is 9.47 Å². The summed E-state index contributed by atoms with van der Waals surface area (Å²) < 4.78 is 11.2. The van der Waals surface area contributed by atoms with Crippen molar-refractivity contribution in [2.24, 2.45) is 0 Å². The standard InChI is InChI=1S/C12H20O3/c1-2-15-12(7-3-4-8-12)11(13)10-6-5-9-14-10/h6,11,13H,2-5,7-9H2,1H3. The minimum atomic E-state index is -0.567. The van der Waals surface area contributed by atoms with Crippen molar-refractivity contribution in [1.29, 1.82) is 0 Å². The number of aliphatic hydroxyl groups is 1. The fraction of sp³-hybridized carbons (Fsp3) is 0.833. The lowest BCUT2D eigenvalue weighted by Crippen LogP contribution is -2.43. The number of hydrogen-bond donors (Lipinski definition) is 1. The molecule has 0 aromatic heterocycles. The lowest BCUT2D eigenvalue weighted by molar-refractivity contribution is -0.115. The highest BCUT2D eigenvalue weighted by Crippen LogP contribution is 2.39. The van der Waals surface area contributed by atoms with E-state index >= 15 is 0 Å². The van der Waals surface area contributed by atoms with Gasteiger partial charge in [-0.05, 0) is 25.8 Å². The summed E-state index contributed by atoms with van der Waals surface area (Å²) in [7, 11) is 0. The van der Waals surface area contributed by atoms with Crippen LogP contribution in [0.15, 0.2) is 11.8 Å². The predicted octanol–water partition coefficient (Wildman–Crippen LogP) is 2.00. The summed E-state index contributed by atoms with van der Waals surface area (Å²) in [5.74, 6) is 0.727. The first-order valence-electron chi connectivity index (χ1n) is 5.93. The highest BCUT2D eigenvalue weighted by atomic mass is 16.5. The predicted molar refractivity (Wildman–Crippen MR) is 57.5 cm³/mol. The molecule has 1 fully saturated rings. The van der Waals surface area contributed by atoms with Crippen LogP contribution >= 0.6 is 0 Å². The lowest BCUT2D eigenvalue weighted by Gasteiger charge is -2.34. The van der Waals surface area contributed by atoms with E-state index in [1.807, 2.05) is 13.0 Å². The van der Waals surface area contributed by atoms with E-state index in [1.54, 1.807) is 0 Å². The van der Waals surface area contributed by atoms with Crippen molar-refractivity contribution in [3.63, 3.8) is 0 Å². The van der Waals surface area contributed by atoms with Crippen molar-refractivity contribution < 1.29 is 14.6 Å². The summed E-state index contributed by atoms with van der Waals surface area (Å²) in [6.45, 7) is 3.34. The molecule has 3 nitrogen and oxygen atoms in total. The van der Waals surface area contributed by atoms with Crippen molar-refractivity contribution in [1.82, 2.24) is 0 Å². The van der Waals surface area contributed by atoms with Gasteiger partial charge in [0.05, 0.1) is 6.61 Å². The zero-order valence-corrected chi connectivity index (χ0v) is 9.37. The molecule has 86 valence electrons. The van der Waals surface area contributed by atoms with E-state index in [4.69, 9.17) is 9.47 Å². The van der Waals surface area contributed by atoms with Gasteiger partial charge in [0.25, 0.3) is 0 Å². The molecule has 1 saturated carbocycles. The highest BCUT2D eigenvalue weighted by molar-refractivity contribution is 5.12. The summed E-state index contributed by atoms with van der Waals surface area (Å²) >= 11 is 0. The first-order chi connectivity index (χ1) is 7.28. The van der Waals surface area contributed by atoms with E-state index in [0.717, 1.165) is 37.9 Å². The Kier molecular flexibility index (Phi) is 3.32. The zero-order valence-electron chi connectivity index (χ0n) is 9.37. The third kappa shape index (κ3) is 2.04. The van der Waals surface area contributed by atoms with E-state index in [0.29, 0.717) is 13.2 Å². The minimum absolute atomic E-state index is 0.370. The van der Waals surface area contributed by atoms with Gasteiger partial charge in [0, 0.05) is 13.0 Å². The van der Waals surface area contributed by atoms with Gasteiger partial charge in [-0.25, -0.2) is 0 Å². The molecule has 0 aromatic carbocycles. The van der Waals surface area contributed by atoms with E-state index in [-0.39, 0.29) is 5.60 Å². The Labute approximate surface area is 91.1 Å². The average Bonchev–Trinajstić information content (AvgIpc) is 2.88. The molecule has 1 unspecified atom stereocenters. The summed E-state index contributed by atoms with van der Waals surface area (Å²) in [5, 5.41) is 10.3. The SMILES string of the molecule is CCOC1(C(O)C2=CCCO2)CCCC1. The van der Waals surface area contributed by atoms with Crippen LogP contribution < -0.4 is 0 Å². The highest BCUT2D eigenvalue weighted by Gasteiger charge is 2.44. The molecule has 0 bridgehead atoms. The number of aliphatic hydroxyl groups excluding tert-OH is 1. The Balaban J connectivity index is 2.09. The maximum atomic E-state index is 10.3. The molecule has 0 amide bonds. The first-order valence-corrected chi connectivity index (χ1v) is 5.93. The minimum Gasteiger partial charge on any atom is -0.495 e. The Morgan fingerprint density at radius 1 is 1.53 bits per heavy atom. The fourth-order valence-electron chi connectivity index (χ4n) is 2.64. The third-order valence-corrected chi connectivity index (χ3v) is 3.38. The fourth-order valence-corrected chi connectivity index (χ4v) is 2.64. The Hall–Kier alpha value is -0.540. The van der Waals surface area contributed by atoms with Crippen molar-refractivity contribution in [3.8, 4) is 0 Å². The van der Waals surface area contributed by atoms with Gasteiger partial charge in [-0.1, -0.05) is 12.8 Å². The second-order valence-corrected chi connectivity index (χ2v) is 4.35. The molecule has 0 radical (unpaired) electrons. The normalized spacial score (nSPS) is 26.1. The molecule has 0 aromatic rings. The van der Waals surface area contributed by atoms with E-state index in [9.17, 15) is 5.11 Å². The van der Waals surface area contributed by atoms with Crippen LogP contribution in [0.2, 0.25) is 0 Å². The molecule has 1 heterocycles. The van der Waals surface area contributed by atoms with Crippen molar-refractivity contribution in [3.05, 3.63) is 11.8 Å². The molecule has 1 aliphatic carbocycles. The molecule has 1 N–H and O–H groups in total. The quantitative estimate of drug-likeness (QED) is 0.774. The maximum Gasteiger partial charge on any atom is 0.139 e. The van der Waals surface area contributed by atoms with Gasteiger partial charge in [-0.15, -0.1) is 0 Å². The van der Waals surface area contributed by atoms with Crippen LogP contribution in [0, 0.1) is 0 Å². The molecule has 1 aliphatic heterocycles. The molecule has 0 spiro atoms. The molecular formula is C12H20O3. The Bertz CT molecular complexity index is 241. The van der Waals surface area contributed by atoms with E-state index in [2.05, 4.69) is 0 Å². The molecule has 0 saturated heterocycles. The molecule has 1 atom stereocenters. The number of hydrogen-bond acceptors (Lipinski definition) is 3. The van der Waals surface area contributed by atoms with Gasteiger partial charge in [-0.2, -0.15) is 0 Å². The zero-order chi connectivity index (χ0) is 10.7. The number of rotatable bonds is 4. The Morgan fingerprint density at radius 2 is 2.27 bits per heavy atom. The average molecular weight is 212 g/mol. The van der Waals surface area contributed by atoms with Gasteiger partial charge >= 0.3 is 0 Å². The van der Waals surface area contributed by atoms with Crippen LogP contribution in [0.3, 0.4) is 0 Å².